The average Bonchev–Trinajstić information content (AvgIpc) is 2.62. The first-order valence-electron chi connectivity index (χ1n) is 5.72. The molecule has 1 saturated carbocycles. The van der Waals surface area contributed by atoms with E-state index in [0.717, 1.165) is 25.1 Å². The van der Waals surface area contributed by atoms with Gasteiger partial charge in [0, 0.05) is 17.8 Å². The van der Waals surface area contributed by atoms with Crippen molar-refractivity contribution < 1.29 is 4.74 Å². The van der Waals surface area contributed by atoms with Crippen molar-refractivity contribution in [1.82, 2.24) is 4.98 Å². The molecule has 0 radical (unpaired) electrons. The summed E-state index contributed by atoms with van der Waals surface area (Å²) < 4.78 is 5.75. The second-order valence-electron chi connectivity index (χ2n) is 4.58. The topological polar surface area (TPSA) is 48.1 Å². The van der Waals surface area contributed by atoms with Crippen LogP contribution in [0.4, 0.5) is 0 Å². The second-order valence-corrected chi connectivity index (χ2v) is 4.58. The Hall–Kier alpha value is -1.09. The van der Waals surface area contributed by atoms with E-state index in [2.05, 4.69) is 11.1 Å². The minimum Gasteiger partial charge on any atom is -0.474 e. The smallest absolute Gasteiger partial charge is 0.213 e. The summed E-state index contributed by atoms with van der Waals surface area (Å²) in [6.07, 6.45) is 5.76. The summed E-state index contributed by atoms with van der Waals surface area (Å²) in [5.74, 6) is 0.785. The Morgan fingerprint density at radius 2 is 2.13 bits per heavy atom. The van der Waals surface area contributed by atoms with Gasteiger partial charge in [-0.1, -0.05) is 6.07 Å². The SMILES string of the molecule is NC1CC(Oc2ccc3c(n2)CCC3)C1. The molecule has 2 aliphatic rings. The second kappa shape index (κ2) is 3.49. The van der Waals surface area contributed by atoms with Crippen LogP contribution in [0, 0.1) is 0 Å². The van der Waals surface area contributed by atoms with Gasteiger partial charge >= 0.3 is 0 Å². The maximum atomic E-state index is 5.75. The van der Waals surface area contributed by atoms with Crippen LogP contribution in [0.15, 0.2) is 12.1 Å². The van der Waals surface area contributed by atoms with Gasteiger partial charge in [0.25, 0.3) is 0 Å². The van der Waals surface area contributed by atoms with Crippen LogP contribution in [0.2, 0.25) is 0 Å². The van der Waals surface area contributed by atoms with Crippen LogP contribution < -0.4 is 10.5 Å². The van der Waals surface area contributed by atoms with Crippen molar-refractivity contribution in [2.75, 3.05) is 0 Å². The first-order chi connectivity index (χ1) is 7.31. The number of nitrogens with zero attached hydrogens (tertiary/aromatic N) is 1. The molecule has 1 aromatic rings. The lowest BCUT2D eigenvalue weighted by molar-refractivity contribution is 0.0956. The molecule has 0 atom stereocenters. The molecule has 3 heteroatoms. The highest BCUT2D eigenvalue weighted by Crippen LogP contribution is 2.26. The Morgan fingerprint density at radius 1 is 1.27 bits per heavy atom. The predicted molar refractivity (Wildman–Crippen MR) is 57.9 cm³/mol. The maximum Gasteiger partial charge on any atom is 0.213 e. The van der Waals surface area contributed by atoms with E-state index in [0.29, 0.717) is 12.1 Å². The van der Waals surface area contributed by atoms with Gasteiger partial charge in [-0.05, 0) is 37.7 Å². The molecule has 0 aromatic carbocycles. The summed E-state index contributed by atoms with van der Waals surface area (Å²) in [4.78, 5) is 4.54. The first kappa shape index (κ1) is 9.16. The van der Waals surface area contributed by atoms with Crippen molar-refractivity contribution in [2.24, 2.45) is 5.73 Å². The molecule has 80 valence electrons. The molecule has 1 heterocycles. The Labute approximate surface area is 89.6 Å². The zero-order valence-electron chi connectivity index (χ0n) is 8.78. The maximum absolute atomic E-state index is 5.75. The summed E-state index contributed by atoms with van der Waals surface area (Å²) in [7, 11) is 0. The molecule has 0 spiro atoms. The molecule has 0 amide bonds. The van der Waals surface area contributed by atoms with Gasteiger partial charge < -0.3 is 10.5 Å². The lowest BCUT2D eigenvalue weighted by Gasteiger charge is -2.32. The fourth-order valence-electron chi connectivity index (χ4n) is 2.34. The van der Waals surface area contributed by atoms with Crippen molar-refractivity contribution in [1.29, 1.82) is 0 Å². The molecule has 0 saturated heterocycles. The summed E-state index contributed by atoms with van der Waals surface area (Å²) in [6.45, 7) is 0. The third-order valence-corrected chi connectivity index (χ3v) is 3.32. The largest absolute Gasteiger partial charge is 0.474 e. The van der Waals surface area contributed by atoms with Crippen molar-refractivity contribution in [3.05, 3.63) is 23.4 Å². The van der Waals surface area contributed by atoms with Gasteiger partial charge in [0.05, 0.1) is 0 Å². The zero-order chi connectivity index (χ0) is 10.3. The van der Waals surface area contributed by atoms with Gasteiger partial charge in [0.15, 0.2) is 0 Å². The number of nitrogens with two attached hydrogens (primary N) is 1. The molecule has 0 aliphatic heterocycles. The number of rotatable bonds is 2. The summed E-state index contributed by atoms with van der Waals surface area (Å²) in [6, 6.07) is 4.49. The van der Waals surface area contributed by atoms with Crippen molar-refractivity contribution in [3.63, 3.8) is 0 Å². The Morgan fingerprint density at radius 3 is 2.93 bits per heavy atom. The van der Waals surface area contributed by atoms with Gasteiger partial charge in [0.2, 0.25) is 5.88 Å². The van der Waals surface area contributed by atoms with Crippen LogP contribution in [0.1, 0.15) is 30.5 Å². The van der Waals surface area contributed by atoms with E-state index in [9.17, 15) is 0 Å². The van der Waals surface area contributed by atoms with Crippen molar-refractivity contribution >= 4 is 0 Å². The zero-order valence-corrected chi connectivity index (χ0v) is 8.78. The highest BCUT2D eigenvalue weighted by Gasteiger charge is 2.28. The van der Waals surface area contributed by atoms with E-state index in [1.54, 1.807) is 0 Å². The van der Waals surface area contributed by atoms with E-state index in [1.807, 2.05) is 6.07 Å². The van der Waals surface area contributed by atoms with E-state index in [-0.39, 0.29) is 0 Å². The monoisotopic (exact) mass is 204 g/mol. The molecule has 1 aromatic heterocycles. The summed E-state index contributed by atoms with van der Waals surface area (Å²) in [5.41, 5.74) is 8.34. The van der Waals surface area contributed by atoms with Gasteiger partial charge in [-0.25, -0.2) is 4.98 Å². The molecule has 3 nitrogen and oxygen atoms in total. The molecular weight excluding hydrogens is 188 g/mol. The Balaban J connectivity index is 1.70. The number of aromatic nitrogens is 1. The van der Waals surface area contributed by atoms with Crippen molar-refractivity contribution in [3.8, 4) is 5.88 Å². The Kier molecular flexibility index (Phi) is 2.13. The van der Waals surface area contributed by atoms with Crippen LogP contribution in [-0.4, -0.2) is 17.1 Å². The predicted octanol–water partition coefficient (Wildman–Crippen LogP) is 1.44. The van der Waals surface area contributed by atoms with Gasteiger partial charge in [-0.15, -0.1) is 0 Å². The lowest BCUT2D eigenvalue weighted by Crippen LogP contribution is -2.43. The van der Waals surface area contributed by atoms with Gasteiger partial charge in [0.1, 0.15) is 6.10 Å². The van der Waals surface area contributed by atoms with Gasteiger partial charge in [-0.3, -0.25) is 0 Å². The number of hydrogen-bond donors (Lipinski definition) is 1. The molecule has 3 rings (SSSR count). The van der Waals surface area contributed by atoms with Crippen molar-refractivity contribution in [2.45, 2.75) is 44.2 Å². The summed E-state index contributed by atoms with van der Waals surface area (Å²) in [5, 5.41) is 0. The van der Waals surface area contributed by atoms with E-state index in [1.165, 1.54) is 24.1 Å². The standard InChI is InChI=1S/C12H16N2O/c13-9-6-10(7-9)15-12-5-4-8-2-1-3-11(8)14-12/h4-5,9-10H,1-3,6-7,13H2. The van der Waals surface area contributed by atoms with E-state index in [4.69, 9.17) is 10.5 Å². The normalized spacial score (nSPS) is 28.3. The number of hydrogen-bond acceptors (Lipinski definition) is 3. The minimum absolute atomic E-state index is 0.298. The fraction of sp³-hybridized carbons (Fsp3) is 0.583. The van der Waals surface area contributed by atoms with Crippen LogP contribution in [0.25, 0.3) is 0 Å². The highest BCUT2D eigenvalue weighted by atomic mass is 16.5. The molecule has 1 fully saturated rings. The number of ether oxygens (including phenoxy) is 1. The van der Waals surface area contributed by atoms with E-state index >= 15 is 0 Å². The quantitative estimate of drug-likeness (QED) is 0.793. The summed E-state index contributed by atoms with van der Waals surface area (Å²) >= 11 is 0. The number of pyridine rings is 1. The molecular formula is C12H16N2O. The van der Waals surface area contributed by atoms with E-state index < -0.39 is 0 Å². The minimum atomic E-state index is 0.298. The van der Waals surface area contributed by atoms with Crippen LogP contribution in [-0.2, 0) is 12.8 Å². The lowest BCUT2D eigenvalue weighted by atomic mass is 9.90. The molecule has 2 aliphatic carbocycles. The third kappa shape index (κ3) is 1.72. The van der Waals surface area contributed by atoms with Crippen LogP contribution in [0.3, 0.4) is 0 Å². The Bertz CT molecular complexity index is 372. The average molecular weight is 204 g/mol. The van der Waals surface area contributed by atoms with Crippen LogP contribution >= 0.6 is 0 Å². The first-order valence-corrected chi connectivity index (χ1v) is 5.72. The van der Waals surface area contributed by atoms with Gasteiger partial charge in [-0.2, -0.15) is 0 Å². The molecule has 15 heavy (non-hydrogen) atoms. The molecule has 0 bridgehead atoms. The molecule has 0 unspecified atom stereocenters. The highest BCUT2D eigenvalue weighted by molar-refractivity contribution is 5.29. The van der Waals surface area contributed by atoms with Crippen LogP contribution in [0.5, 0.6) is 5.88 Å². The molecule has 2 N–H and O–H groups in total. The number of aryl methyl sites for hydroxylation is 2. The number of fused-ring (bicyclic) bond motifs is 1. The third-order valence-electron chi connectivity index (χ3n) is 3.32. The fourth-order valence-corrected chi connectivity index (χ4v) is 2.34.